The van der Waals surface area contributed by atoms with Crippen molar-refractivity contribution in [2.45, 2.75) is 191 Å². The van der Waals surface area contributed by atoms with Crippen molar-refractivity contribution in [3.05, 3.63) is 58.7 Å². The highest BCUT2D eigenvalue weighted by molar-refractivity contribution is 5.95. The Morgan fingerprint density at radius 1 is 0.473 bits per heavy atom. The van der Waals surface area contributed by atoms with Crippen LogP contribution in [0.3, 0.4) is 0 Å². The summed E-state index contributed by atoms with van der Waals surface area (Å²) in [6.07, 6.45) is 18.5. The fourth-order valence-corrected chi connectivity index (χ4v) is 13.5. The quantitative estimate of drug-likeness (QED) is 0.128. The molecule has 8 atom stereocenters. The standard InChI is InChI=1S/C58H86N10O6/c1-37(59-3)53(69)63-51(39-15-7-5-8-16-39)57(73)67-29-13-23-49(67)55(71)61-47-21-11-19-41-35-43(25-27-45(41)47)65-31-33-66(34-32-65)44-26-28-46-42(36-44)20-12-22-48(46)62-56(72)50-24-14-30-68(50)58(74)52(40-17-9-6-10-18-40)64-54(70)38(2)60-4/h25-28,35-40,47-52,59-60H,5-24,29-34H2,1-4H3,(H,61,71)(H,62,72)(H,63,69)(H,64,70)/t37-,38-,47+,48+,49-,50-,51-,52-/m0/s1. The summed E-state index contributed by atoms with van der Waals surface area (Å²) in [5.41, 5.74) is 7.28. The van der Waals surface area contributed by atoms with Crippen molar-refractivity contribution >= 4 is 46.8 Å². The predicted octanol–water partition coefficient (Wildman–Crippen LogP) is 5.33. The minimum absolute atomic E-state index is 0.0764. The van der Waals surface area contributed by atoms with Crippen LogP contribution in [0.25, 0.3) is 0 Å². The van der Waals surface area contributed by atoms with Gasteiger partial charge in [0.25, 0.3) is 0 Å². The third-order valence-corrected chi connectivity index (χ3v) is 18.2. The van der Waals surface area contributed by atoms with Gasteiger partial charge in [-0.3, -0.25) is 28.8 Å². The number of nitrogens with one attached hydrogen (secondary N) is 6. The van der Waals surface area contributed by atoms with E-state index in [2.05, 4.69) is 78.1 Å². The number of carbonyl (C=O) groups is 6. The molecule has 0 aromatic heterocycles. The van der Waals surface area contributed by atoms with Crippen molar-refractivity contribution in [2.75, 3.05) is 63.2 Å². The van der Waals surface area contributed by atoms with Gasteiger partial charge in [0, 0.05) is 50.6 Å². The molecule has 2 saturated carbocycles. The number of hydrogen-bond donors (Lipinski definition) is 6. The summed E-state index contributed by atoms with van der Waals surface area (Å²) in [7, 11) is 3.49. The molecular weight excluding hydrogens is 933 g/mol. The van der Waals surface area contributed by atoms with Gasteiger partial charge in [-0.1, -0.05) is 50.7 Å². The number of piperazine rings is 1. The summed E-state index contributed by atoms with van der Waals surface area (Å²) in [4.78, 5) is 91.5. The van der Waals surface area contributed by atoms with Crippen LogP contribution in [-0.4, -0.2) is 135 Å². The van der Waals surface area contributed by atoms with E-state index in [4.69, 9.17) is 0 Å². The molecule has 6 amide bonds. The van der Waals surface area contributed by atoms with E-state index in [-0.39, 0.29) is 59.4 Å². The van der Waals surface area contributed by atoms with Crippen LogP contribution in [0.15, 0.2) is 36.4 Å². The number of benzene rings is 2. The molecule has 74 heavy (non-hydrogen) atoms. The molecule has 3 aliphatic heterocycles. The largest absolute Gasteiger partial charge is 0.368 e. The number of fused-ring (bicyclic) bond motifs is 2. The first-order valence-electron chi connectivity index (χ1n) is 28.8. The molecule has 0 bridgehead atoms. The van der Waals surface area contributed by atoms with Crippen LogP contribution < -0.4 is 41.7 Å². The molecule has 5 fully saturated rings. The van der Waals surface area contributed by atoms with Crippen LogP contribution in [0.2, 0.25) is 0 Å². The van der Waals surface area contributed by atoms with E-state index in [0.717, 1.165) is 153 Å². The lowest BCUT2D eigenvalue weighted by molar-refractivity contribution is -0.143. The molecule has 0 unspecified atom stereocenters. The maximum atomic E-state index is 14.3. The molecule has 2 aromatic rings. The lowest BCUT2D eigenvalue weighted by Crippen LogP contribution is -2.58. The van der Waals surface area contributed by atoms with Crippen molar-refractivity contribution < 1.29 is 28.8 Å². The highest BCUT2D eigenvalue weighted by atomic mass is 16.2. The zero-order valence-corrected chi connectivity index (χ0v) is 44.9. The average Bonchev–Trinajstić information content (AvgIpc) is 4.15. The summed E-state index contributed by atoms with van der Waals surface area (Å²) < 4.78 is 0. The number of nitrogens with zero attached hydrogens (tertiary/aromatic N) is 4. The molecule has 2 aromatic carbocycles. The van der Waals surface area contributed by atoms with Gasteiger partial charge in [-0.15, -0.1) is 0 Å². The molecule has 3 heterocycles. The van der Waals surface area contributed by atoms with Crippen LogP contribution in [0.4, 0.5) is 11.4 Å². The molecule has 3 saturated heterocycles. The maximum absolute atomic E-state index is 14.3. The third-order valence-electron chi connectivity index (χ3n) is 18.2. The Hall–Kier alpha value is -5.22. The van der Waals surface area contributed by atoms with Gasteiger partial charge in [-0.05, 0) is 176 Å². The molecule has 0 radical (unpaired) electrons. The van der Waals surface area contributed by atoms with Crippen LogP contribution in [0, 0.1) is 11.8 Å². The number of likely N-dealkylation sites (N-methyl/N-ethyl adjacent to an activating group) is 2. The minimum atomic E-state index is -0.620. The average molecular weight is 1020 g/mol. The van der Waals surface area contributed by atoms with E-state index < -0.39 is 36.3 Å². The van der Waals surface area contributed by atoms with Gasteiger partial charge in [-0.25, -0.2) is 0 Å². The zero-order valence-electron chi connectivity index (χ0n) is 44.9. The van der Waals surface area contributed by atoms with E-state index in [1.807, 2.05) is 0 Å². The second kappa shape index (κ2) is 24.6. The Kier molecular flexibility index (Phi) is 17.8. The second-order valence-corrected chi connectivity index (χ2v) is 22.8. The summed E-state index contributed by atoms with van der Waals surface area (Å²) >= 11 is 0. The first kappa shape index (κ1) is 53.6. The van der Waals surface area contributed by atoms with Crippen molar-refractivity contribution in [3.8, 4) is 0 Å². The summed E-state index contributed by atoms with van der Waals surface area (Å²) in [5, 5.41) is 19.0. The van der Waals surface area contributed by atoms with Crippen molar-refractivity contribution in [3.63, 3.8) is 0 Å². The topological polar surface area (TPSA) is 188 Å². The molecule has 9 rings (SSSR count). The third kappa shape index (κ3) is 12.1. The predicted molar refractivity (Wildman–Crippen MR) is 288 cm³/mol. The number of amides is 6. The summed E-state index contributed by atoms with van der Waals surface area (Å²) in [6.45, 7) is 8.18. The van der Waals surface area contributed by atoms with E-state index in [1.54, 1.807) is 37.7 Å². The van der Waals surface area contributed by atoms with Crippen molar-refractivity contribution in [1.29, 1.82) is 0 Å². The number of aryl methyl sites for hydroxylation is 2. The van der Waals surface area contributed by atoms with Gasteiger partial charge in [0.1, 0.15) is 24.2 Å². The van der Waals surface area contributed by atoms with Gasteiger partial charge >= 0.3 is 0 Å². The van der Waals surface area contributed by atoms with E-state index in [0.29, 0.717) is 25.9 Å². The molecule has 16 heteroatoms. The normalized spacial score (nSPS) is 25.2. The fraction of sp³-hybridized carbons (Fsp3) is 0.690. The first-order valence-corrected chi connectivity index (χ1v) is 28.8. The molecule has 404 valence electrons. The Balaban J connectivity index is 0.791. The van der Waals surface area contributed by atoms with Crippen LogP contribution in [0.1, 0.15) is 164 Å². The first-order chi connectivity index (χ1) is 35.9. The molecular formula is C58H86N10O6. The Labute approximate surface area is 440 Å². The van der Waals surface area contributed by atoms with E-state index >= 15 is 0 Å². The van der Waals surface area contributed by atoms with Crippen LogP contribution >= 0.6 is 0 Å². The Bertz CT molecular complexity index is 2170. The lowest BCUT2D eigenvalue weighted by Gasteiger charge is -2.39. The van der Waals surface area contributed by atoms with Gasteiger partial charge in [0.15, 0.2) is 0 Å². The van der Waals surface area contributed by atoms with E-state index in [9.17, 15) is 28.8 Å². The molecule has 7 aliphatic rings. The van der Waals surface area contributed by atoms with Gasteiger partial charge in [0.05, 0.1) is 24.2 Å². The maximum Gasteiger partial charge on any atom is 0.246 e. The Morgan fingerprint density at radius 3 is 1.24 bits per heavy atom. The monoisotopic (exact) mass is 1020 g/mol. The number of hydrogen-bond acceptors (Lipinski definition) is 10. The number of carbonyl (C=O) groups excluding carboxylic acids is 6. The summed E-state index contributed by atoms with van der Waals surface area (Å²) in [6, 6.07) is 10.1. The molecule has 4 aliphatic carbocycles. The van der Waals surface area contributed by atoms with Gasteiger partial charge in [-0.2, -0.15) is 0 Å². The van der Waals surface area contributed by atoms with E-state index in [1.165, 1.54) is 22.5 Å². The van der Waals surface area contributed by atoms with Crippen molar-refractivity contribution in [1.82, 2.24) is 41.7 Å². The van der Waals surface area contributed by atoms with Crippen LogP contribution in [-0.2, 0) is 41.6 Å². The second-order valence-electron chi connectivity index (χ2n) is 22.8. The summed E-state index contributed by atoms with van der Waals surface area (Å²) in [5.74, 6) is -0.645. The smallest absolute Gasteiger partial charge is 0.246 e. The Morgan fingerprint density at radius 2 is 0.865 bits per heavy atom. The number of likely N-dealkylation sites (tertiary alicyclic amines) is 2. The van der Waals surface area contributed by atoms with Crippen LogP contribution in [0.5, 0.6) is 0 Å². The highest BCUT2D eigenvalue weighted by Gasteiger charge is 2.44. The molecule has 6 N–H and O–H groups in total. The van der Waals surface area contributed by atoms with Crippen molar-refractivity contribution in [2.24, 2.45) is 11.8 Å². The molecule has 0 spiro atoms. The fourth-order valence-electron chi connectivity index (χ4n) is 13.5. The zero-order chi connectivity index (χ0) is 51.9. The molecule has 16 nitrogen and oxygen atoms in total. The van der Waals surface area contributed by atoms with Gasteiger partial charge < -0.3 is 51.5 Å². The SMILES string of the molecule is CN[C@@H](C)C(=O)N[C@H](C(=O)N1CCC[C@H]1C(=O)N[C@@H]1CCCc2cc(N3CCN(c4ccc5c(c4)CCC[C@H]5NC(=O)[C@@H]4CCCN4C(=O)[C@@H](NC(=O)[C@H](C)NC)C4CCCCC4)CC3)ccc21)C1CCCCC1. The number of anilines is 2. The minimum Gasteiger partial charge on any atom is -0.368 e. The highest BCUT2D eigenvalue weighted by Crippen LogP contribution is 2.37. The van der Waals surface area contributed by atoms with Gasteiger partial charge in [0.2, 0.25) is 35.4 Å². The lowest BCUT2D eigenvalue weighted by atomic mass is 9.83. The number of rotatable bonds is 16.